The first-order valence-electron chi connectivity index (χ1n) is 9.91. The standard InChI is InChI=1S/C22H21N5O3/c28-20(24-30)18-8-4-5-15-11-22(12-19(15)18)9-10-26(21(22)29)13-16-14-27(25-23-16)17-6-2-1-3-7-17/h1-8,14,30H,9-13H2,(H,24,28). The molecule has 3 aromatic rings. The predicted octanol–water partition coefficient (Wildman–Crippen LogP) is 1.90. The first-order valence-corrected chi connectivity index (χ1v) is 9.91. The lowest BCUT2D eigenvalue weighted by atomic mass is 9.83. The van der Waals surface area contributed by atoms with Crippen molar-refractivity contribution in [1.82, 2.24) is 25.4 Å². The van der Waals surface area contributed by atoms with Gasteiger partial charge >= 0.3 is 0 Å². The largest absolute Gasteiger partial charge is 0.336 e. The fourth-order valence-electron chi connectivity index (χ4n) is 4.69. The highest BCUT2D eigenvalue weighted by molar-refractivity contribution is 5.96. The zero-order valence-electron chi connectivity index (χ0n) is 16.3. The van der Waals surface area contributed by atoms with Crippen LogP contribution in [0.3, 0.4) is 0 Å². The molecule has 2 N–H and O–H groups in total. The van der Waals surface area contributed by atoms with Crippen molar-refractivity contribution in [2.45, 2.75) is 25.8 Å². The molecule has 1 fully saturated rings. The highest BCUT2D eigenvalue weighted by atomic mass is 16.5. The van der Waals surface area contributed by atoms with Crippen LogP contribution < -0.4 is 5.48 Å². The second-order valence-electron chi connectivity index (χ2n) is 7.98. The summed E-state index contributed by atoms with van der Waals surface area (Å²) in [5.41, 5.74) is 5.13. The van der Waals surface area contributed by atoms with Gasteiger partial charge < -0.3 is 4.90 Å². The van der Waals surface area contributed by atoms with E-state index in [1.807, 2.05) is 47.5 Å². The molecule has 0 radical (unpaired) electrons. The number of carbonyl (C=O) groups excluding carboxylic acids is 2. The molecule has 152 valence electrons. The predicted molar refractivity (Wildman–Crippen MR) is 107 cm³/mol. The number of hydrogen-bond acceptors (Lipinski definition) is 5. The van der Waals surface area contributed by atoms with Crippen LogP contribution in [0.2, 0.25) is 0 Å². The van der Waals surface area contributed by atoms with E-state index in [0.29, 0.717) is 31.5 Å². The number of likely N-dealkylation sites (tertiary alicyclic amines) is 1. The van der Waals surface area contributed by atoms with Crippen molar-refractivity contribution in [1.29, 1.82) is 0 Å². The monoisotopic (exact) mass is 403 g/mol. The molecule has 0 bridgehead atoms. The van der Waals surface area contributed by atoms with E-state index in [0.717, 1.165) is 28.9 Å². The lowest BCUT2D eigenvalue weighted by Gasteiger charge is -2.22. The summed E-state index contributed by atoms with van der Waals surface area (Å²) in [6.07, 6.45) is 3.70. The number of hydroxylamine groups is 1. The quantitative estimate of drug-likeness (QED) is 0.512. The van der Waals surface area contributed by atoms with Gasteiger partial charge in [-0.2, -0.15) is 0 Å². The number of nitrogens with one attached hydrogen (secondary N) is 1. The van der Waals surface area contributed by atoms with Gasteiger partial charge in [0, 0.05) is 12.1 Å². The lowest BCUT2D eigenvalue weighted by molar-refractivity contribution is -0.136. The highest BCUT2D eigenvalue weighted by Gasteiger charge is 2.50. The van der Waals surface area contributed by atoms with Crippen LogP contribution in [0.4, 0.5) is 0 Å². The Morgan fingerprint density at radius 1 is 1.13 bits per heavy atom. The van der Waals surface area contributed by atoms with Gasteiger partial charge in [-0.05, 0) is 48.6 Å². The van der Waals surface area contributed by atoms with Crippen molar-refractivity contribution >= 4 is 11.8 Å². The van der Waals surface area contributed by atoms with Crippen LogP contribution in [0.5, 0.6) is 0 Å². The van der Waals surface area contributed by atoms with E-state index in [1.54, 1.807) is 22.3 Å². The Morgan fingerprint density at radius 2 is 1.97 bits per heavy atom. The third-order valence-electron chi connectivity index (χ3n) is 6.18. The Bertz CT molecular complexity index is 1130. The van der Waals surface area contributed by atoms with Gasteiger partial charge in [0.2, 0.25) is 5.91 Å². The summed E-state index contributed by atoms with van der Waals surface area (Å²) < 4.78 is 1.71. The molecule has 2 heterocycles. The Hall–Kier alpha value is -3.52. The van der Waals surface area contributed by atoms with Crippen molar-refractivity contribution in [2.75, 3.05) is 6.54 Å². The van der Waals surface area contributed by atoms with Crippen LogP contribution in [0.15, 0.2) is 54.7 Å². The average Bonchev–Trinajstić information content (AvgIpc) is 3.48. The molecule has 2 aliphatic rings. The van der Waals surface area contributed by atoms with Crippen LogP contribution >= 0.6 is 0 Å². The zero-order valence-corrected chi connectivity index (χ0v) is 16.3. The minimum atomic E-state index is -0.538. The van der Waals surface area contributed by atoms with Crippen LogP contribution in [-0.4, -0.2) is 43.5 Å². The summed E-state index contributed by atoms with van der Waals surface area (Å²) in [4.78, 5) is 27.2. The van der Waals surface area contributed by atoms with Crippen molar-refractivity contribution < 1.29 is 14.8 Å². The second-order valence-corrected chi connectivity index (χ2v) is 7.98. The summed E-state index contributed by atoms with van der Waals surface area (Å²) in [6, 6.07) is 15.2. The van der Waals surface area contributed by atoms with E-state index in [-0.39, 0.29) is 5.91 Å². The third-order valence-corrected chi connectivity index (χ3v) is 6.18. The molecule has 1 atom stereocenters. The number of hydrogen-bond donors (Lipinski definition) is 2. The van der Waals surface area contributed by atoms with Gasteiger partial charge in [0.1, 0.15) is 5.69 Å². The van der Waals surface area contributed by atoms with Crippen molar-refractivity contribution in [2.24, 2.45) is 5.41 Å². The average molecular weight is 403 g/mol. The molecule has 1 unspecified atom stereocenters. The molecular formula is C22H21N5O3. The van der Waals surface area contributed by atoms with Gasteiger partial charge in [0.25, 0.3) is 5.91 Å². The van der Waals surface area contributed by atoms with Gasteiger partial charge in [-0.1, -0.05) is 35.5 Å². The molecule has 2 aromatic carbocycles. The van der Waals surface area contributed by atoms with Crippen LogP contribution in [0.25, 0.3) is 5.69 Å². The Balaban J connectivity index is 1.34. The zero-order chi connectivity index (χ0) is 20.7. The number of rotatable bonds is 4. The molecule has 1 aliphatic heterocycles. The minimum absolute atomic E-state index is 0.0864. The Kier molecular flexibility index (Phi) is 4.36. The number of amides is 2. The van der Waals surface area contributed by atoms with Gasteiger partial charge in [-0.3, -0.25) is 14.8 Å². The summed E-state index contributed by atoms with van der Waals surface area (Å²) >= 11 is 0. The van der Waals surface area contributed by atoms with E-state index in [4.69, 9.17) is 5.21 Å². The topological polar surface area (TPSA) is 100 Å². The van der Waals surface area contributed by atoms with E-state index in [1.165, 1.54) is 0 Å². The maximum atomic E-state index is 13.4. The fourth-order valence-corrected chi connectivity index (χ4v) is 4.69. The summed E-state index contributed by atoms with van der Waals surface area (Å²) in [5.74, 6) is -0.452. The molecule has 5 rings (SSSR count). The number of aromatic nitrogens is 3. The van der Waals surface area contributed by atoms with Gasteiger partial charge in [-0.15, -0.1) is 5.10 Å². The Morgan fingerprint density at radius 3 is 2.77 bits per heavy atom. The van der Waals surface area contributed by atoms with Crippen LogP contribution in [0, 0.1) is 5.41 Å². The van der Waals surface area contributed by atoms with Gasteiger partial charge in [0.05, 0.1) is 23.8 Å². The lowest BCUT2D eigenvalue weighted by Crippen LogP contribution is -2.35. The molecule has 1 spiro atoms. The van der Waals surface area contributed by atoms with Crippen LogP contribution in [-0.2, 0) is 24.2 Å². The Labute approximate surface area is 173 Å². The molecule has 30 heavy (non-hydrogen) atoms. The molecular weight excluding hydrogens is 382 g/mol. The third kappa shape index (κ3) is 2.96. The molecule has 0 saturated carbocycles. The number of benzene rings is 2. The minimum Gasteiger partial charge on any atom is -0.336 e. The molecule has 8 heteroatoms. The summed E-state index contributed by atoms with van der Waals surface area (Å²) in [6.45, 7) is 1.06. The molecule has 1 aromatic heterocycles. The van der Waals surface area contributed by atoms with Crippen molar-refractivity contribution in [3.63, 3.8) is 0 Å². The van der Waals surface area contributed by atoms with Crippen molar-refractivity contribution in [3.8, 4) is 5.69 Å². The number of nitrogens with zero attached hydrogens (tertiary/aromatic N) is 4. The first-order chi connectivity index (χ1) is 14.6. The highest BCUT2D eigenvalue weighted by Crippen LogP contribution is 2.46. The molecule has 1 saturated heterocycles. The molecule has 8 nitrogen and oxygen atoms in total. The number of fused-ring (bicyclic) bond motifs is 1. The van der Waals surface area contributed by atoms with E-state index in [2.05, 4.69) is 10.3 Å². The van der Waals surface area contributed by atoms with E-state index in [9.17, 15) is 9.59 Å². The van der Waals surface area contributed by atoms with E-state index < -0.39 is 11.3 Å². The second kappa shape index (κ2) is 7.07. The summed E-state index contributed by atoms with van der Waals surface area (Å²) in [5, 5.41) is 17.4. The SMILES string of the molecule is O=C(NO)c1cccc2c1CC1(CCN(Cc3cn(-c4ccccc4)nn3)C1=O)C2. The van der Waals surface area contributed by atoms with Gasteiger partial charge in [-0.25, -0.2) is 10.2 Å². The fraction of sp³-hybridized carbons (Fsp3) is 0.273. The van der Waals surface area contributed by atoms with E-state index >= 15 is 0 Å². The summed E-state index contributed by atoms with van der Waals surface area (Å²) in [7, 11) is 0. The van der Waals surface area contributed by atoms with Crippen molar-refractivity contribution in [3.05, 3.63) is 77.1 Å². The van der Waals surface area contributed by atoms with Gasteiger partial charge in [0.15, 0.2) is 0 Å². The molecule has 1 aliphatic carbocycles. The normalized spacial score (nSPS) is 20.0. The number of carbonyl (C=O) groups is 2. The molecule has 2 amide bonds. The first kappa shape index (κ1) is 18.5. The smallest absolute Gasteiger partial charge is 0.274 e. The van der Waals surface area contributed by atoms with Crippen LogP contribution in [0.1, 0.15) is 33.6 Å². The maximum absolute atomic E-state index is 13.4. The maximum Gasteiger partial charge on any atom is 0.274 e. The number of para-hydroxylation sites is 1.